The van der Waals surface area contributed by atoms with Gasteiger partial charge in [-0.2, -0.15) is 15.0 Å². The molecule has 1 aliphatic rings. The number of aromatic nitrogens is 3. The Hall–Kier alpha value is -2.72. The van der Waals surface area contributed by atoms with Crippen LogP contribution in [0.5, 0.6) is 0 Å². The van der Waals surface area contributed by atoms with Crippen molar-refractivity contribution in [1.29, 1.82) is 0 Å². The first-order valence-corrected chi connectivity index (χ1v) is 9.25. The van der Waals surface area contributed by atoms with Crippen molar-refractivity contribution in [2.24, 2.45) is 0 Å². The molecular formula is C17H23ClN8O2. The highest BCUT2D eigenvalue weighted by Crippen LogP contribution is 2.32. The van der Waals surface area contributed by atoms with E-state index in [1.165, 1.54) is 6.07 Å². The summed E-state index contributed by atoms with van der Waals surface area (Å²) < 4.78 is 0. The predicted molar refractivity (Wildman–Crippen MR) is 109 cm³/mol. The molecule has 1 aromatic heterocycles. The minimum atomic E-state index is -0.396. The van der Waals surface area contributed by atoms with Crippen LogP contribution in [-0.2, 0) is 0 Å². The van der Waals surface area contributed by atoms with E-state index in [0.717, 1.165) is 0 Å². The van der Waals surface area contributed by atoms with E-state index in [-0.39, 0.29) is 17.7 Å². The van der Waals surface area contributed by atoms with Gasteiger partial charge in [-0.1, -0.05) is 11.6 Å². The van der Waals surface area contributed by atoms with Gasteiger partial charge < -0.3 is 15.5 Å². The fourth-order valence-corrected chi connectivity index (χ4v) is 3.37. The minimum Gasteiger partial charge on any atom is -0.368 e. The molecule has 0 bridgehead atoms. The average molecular weight is 407 g/mol. The number of nitrogen functional groups attached to an aromatic ring is 1. The van der Waals surface area contributed by atoms with E-state index in [1.807, 2.05) is 25.9 Å². The Morgan fingerprint density at radius 2 is 1.89 bits per heavy atom. The summed E-state index contributed by atoms with van der Waals surface area (Å²) >= 11 is 5.92. The van der Waals surface area contributed by atoms with Crippen LogP contribution in [0.3, 0.4) is 0 Å². The van der Waals surface area contributed by atoms with Crippen LogP contribution in [0, 0.1) is 10.1 Å². The van der Waals surface area contributed by atoms with Crippen LogP contribution in [0.2, 0.25) is 5.02 Å². The first-order valence-electron chi connectivity index (χ1n) is 8.88. The first kappa shape index (κ1) is 20.0. The number of nitro groups is 1. The molecule has 0 spiro atoms. The largest absolute Gasteiger partial charge is 0.368 e. The van der Waals surface area contributed by atoms with Crippen molar-refractivity contribution in [3.63, 3.8) is 0 Å². The zero-order valence-electron chi connectivity index (χ0n) is 16.0. The highest BCUT2D eigenvalue weighted by atomic mass is 35.5. The van der Waals surface area contributed by atoms with Gasteiger partial charge in [0.2, 0.25) is 11.9 Å². The van der Waals surface area contributed by atoms with Gasteiger partial charge in [-0.25, -0.2) is 0 Å². The normalized spacial score (nSPS) is 16.1. The smallest absolute Gasteiger partial charge is 0.294 e. The Kier molecular flexibility index (Phi) is 5.80. The first-order chi connectivity index (χ1) is 13.3. The van der Waals surface area contributed by atoms with E-state index < -0.39 is 4.92 Å². The van der Waals surface area contributed by atoms with E-state index in [4.69, 9.17) is 17.3 Å². The molecule has 1 atom stereocenters. The number of piperazine rings is 1. The third kappa shape index (κ3) is 4.23. The van der Waals surface area contributed by atoms with Crippen molar-refractivity contribution in [2.45, 2.75) is 13.0 Å². The Balaban J connectivity index is 1.73. The number of anilines is 3. The molecule has 150 valence electrons. The van der Waals surface area contributed by atoms with Gasteiger partial charge >= 0.3 is 0 Å². The Morgan fingerprint density at radius 1 is 1.21 bits per heavy atom. The van der Waals surface area contributed by atoms with E-state index in [2.05, 4.69) is 19.9 Å². The summed E-state index contributed by atoms with van der Waals surface area (Å²) in [4.78, 5) is 29.9. The van der Waals surface area contributed by atoms with E-state index in [1.54, 1.807) is 17.0 Å². The Morgan fingerprint density at radius 3 is 2.50 bits per heavy atom. The fourth-order valence-electron chi connectivity index (χ4n) is 3.21. The molecule has 1 fully saturated rings. The summed E-state index contributed by atoms with van der Waals surface area (Å²) in [5, 5.41) is 11.7. The predicted octanol–water partition coefficient (Wildman–Crippen LogP) is 1.96. The van der Waals surface area contributed by atoms with Crippen molar-refractivity contribution < 1.29 is 4.92 Å². The van der Waals surface area contributed by atoms with Gasteiger partial charge in [-0.3, -0.25) is 15.0 Å². The van der Waals surface area contributed by atoms with E-state index in [0.29, 0.717) is 48.7 Å². The quantitative estimate of drug-likeness (QED) is 0.587. The molecule has 0 radical (unpaired) electrons. The van der Waals surface area contributed by atoms with Crippen LogP contribution in [0.1, 0.15) is 18.8 Å². The lowest BCUT2D eigenvalue weighted by atomic mass is 10.2. The lowest BCUT2D eigenvalue weighted by molar-refractivity contribution is -0.384. The maximum Gasteiger partial charge on any atom is 0.294 e. The van der Waals surface area contributed by atoms with E-state index in [9.17, 15) is 10.1 Å². The molecule has 2 aromatic rings. The molecule has 3 rings (SSSR count). The zero-order chi connectivity index (χ0) is 20.4. The number of hydrogen-bond donors (Lipinski definition) is 1. The summed E-state index contributed by atoms with van der Waals surface area (Å²) in [6, 6.07) is 4.72. The molecule has 11 heteroatoms. The van der Waals surface area contributed by atoms with Crippen LogP contribution in [-0.4, -0.2) is 65.0 Å². The third-order valence-electron chi connectivity index (χ3n) is 4.77. The standard InChI is InChI=1S/C17H23ClN8O2/c1-11(15-20-16(19)22-17(21-15)23(2)3)24-6-8-25(9-7-24)13-5-4-12(18)10-14(13)26(27)28/h4-5,10-11H,6-9H2,1-3H3,(H2,19,20,21,22)/t11-/m0/s1. The number of rotatable bonds is 5. The fraction of sp³-hybridized carbons (Fsp3) is 0.471. The monoisotopic (exact) mass is 406 g/mol. The molecule has 10 nitrogen and oxygen atoms in total. The number of hydrogen-bond acceptors (Lipinski definition) is 9. The van der Waals surface area contributed by atoms with Crippen LogP contribution >= 0.6 is 11.6 Å². The van der Waals surface area contributed by atoms with Crippen LogP contribution < -0.4 is 15.5 Å². The Bertz CT molecular complexity index is 870. The molecule has 2 N–H and O–H groups in total. The number of halogens is 1. The molecule has 1 saturated heterocycles. The number of nitrogens with two attached hydrogens (primary N) is 1. The van der Waals surface area contributed by atoms with Gasteiger partial charge in [0.05, 0.1) is 11.0 Å². The summed E-state index contributed by atoms with van der Waals surface area (Å²) in [6.07, 6.45) is 0. The summed E-state index contributed by atoms with van der Waals surface area (Å²) in [5.74, 6) is 1.32. The van der Waals surface area contributed by atoms with Crippen LogP contribution in [0.4, 0.5) is 23.3 Å². The average Bonchev–Trinajstić information content (AvgIpc) is 2.67. The van der Waals surface area contributed by atoms with Gasteiger partial charge in [0, 0.05) is 51.4 Å². The Labute approximate surface area is 168 Å². The summed E-state index contributed by atoms with van der Waals surface area (Å²) in [5.41, 5.74) is 6.44. The molecule has 0 unspecified atom stereocenters. The van der Waals surface area contributed by atoms with Gasteiger partial charge in [0.25, 0.3) is 5.69 Å². The summed E-state index contributed by atoms with van der Waals surface area (Å²) in [6.45, 7) is 4.74. The van der Waals surface area contributed by atoms with Crippen molar-refractivity contribution >= 4 is 34.9 Å². The second-order valence-electron chi connectivity index (χ2n) is 6.84. The number of benzene rings is 1. The van der Waals surface area contributed by atoms with Crippen molar-refractivity contribution in [2.75, 3.05) is 55.8 Å². The maximum absolute atomic E-state index is 11.4. The molecular weight excluding hydrogens is 384 g/mol. The van der Waals surface area contributed by atoms with Gasteiger partial charge in [0.15, 0.2) is 5.82 Å². The molecule has 1 aliphatic heterocycles. The molecule has 0 amide bonds. The van der Waals surface area contributed by atoms with Gasteiger partial charge in [0.1, 0.15) is 5.69 Å². The molecule has 0 aliphatic carbocycles. The van der Waals surface area contributed by atoms with Crippen molar-refractivity contribution in [1.82, 2.24) is 19.9 Å². The van der Waals surface area contributed by atoms with Crippen LogP contribution in [0.15, 0.2) is 18.2 Å². The SMILES string of the molecule is C[C@@H](c1nc(N)nc(N(C)C)n1)N1CCN(c2ccc(Cl)cc2[N+](=O)[O-])CC1. The van der Waals surface area contributed by atoms with Crippen molar-refractivity contribution in [3.8, 4) is 0 Å². The lowest BCUT2D eigenvalue weighted by Gasteiger charge is -2.38. The highest BCUT2D eigenvalue weighted by molar-refractivity contribution is 6.30. The lowest BCUT2D eigenvalue weighted by Crippen LogP contribution is -2.47. The van der Waals surface area contributed by atoms with E-state index >= 15 is 0 Å². The molecule has 2 heterocycles. The highest BCUT2D eigenvalue weighted by Gasteiger charge is 2.28. The van der Waals surface area contributed by atoms with Crippen LogP contribution in [0.25, 0.3) is 0 Å². The van der Waals surface area contributed by atoms with Crippen molar-refractivity contribution in [3.05, 3.63) is 39.2 Å². The molecule has 28 heavy (non-hydrogen) atoms. The van der Waals surface area contributed by atoms with Gasteiger partial charge in [-0.05, 0) is 19.1 Å². The summed E-state index contributed by atoms with van der Waals surface area (Å²) in [7, 11) is 3.70. The minimum absolute atomic E-state index is 0.0230. The maximum atomic E-state index is 11.4. The zero-order valence-corrected chi connectivity index (χ0v) is 16.8. The number of nitrogens with zero attached hydrogens (tertiary/aromatic N) is 7. The second-order valence-corrected chi connectivity index (χ2v) is 7.27. The van der Waals surface area contributed by atoms with Gasteiger partial charge in [-0.15, -0.1) is 0 Å². The third-order valence-corrected chi connectivity index (χ3v) is 5.00. The molecule has 0 saturated carbocycles. The number of nitro benzene ring substituents is 1. The second kappa shape index (κ2) is 8.11. The molecule has 1 aromatic carbocycles. The topological polar surface area (TPSA) is 118 Å².